The van der Waals surface area contributed by atoms with Crippen LogP contribution in [-0.4, -0.2) is 27.7 Å². The van der Waals surface area contributed by atoms with Gasteiger partial charge in [-0.05, 0) is 39.7 Å². The fourth-order valence-corrected chi connectivity index (χ4v) is 4.35. The zero-order valence-corrected chi connectivity index (χ0v) is 18.7. The minimum absolute atomic E-state index is 0.106. The molecule has 0 spiro atoms. The van der Waals surface area contributed by atoms with Crippen LogP contribution in [0.5, 0.6) is 11.5 Å². The zero-order valence-electron chi connectivity index (χ0n) is 16.3. The molecule has 0 N–H and O–H groups in total. The Kier molecular flexibility index (Phi) is 5.66. The predicted molar refractivity (Wildman–Crippen MR) is 120 cm³/mol. The maximum Gasteiger partial charge on any atom is 0.308 e. The van der Waals surface area contributed by atoms with E-state index in [0.717, 1.165) is 15.9 Å². The molecule has 2 aromatic carbocycles. The van der Waals surface area contributed by atoms with E-state index in [2.05, 4.69) is 26.0 Å². The van der Waals surface area contributed by atoms with Crippen LogP contribution in [0.2, 0.25) is 0 Å². The summed E-state index contributed by atoms with van der Waals surface area (Å²) in [5.74, 6) is 0.0757. The Bertz CT molecular complexity index is 1480. The van der Waals surface area contributed by atoms with Gasteiger partial charge in [-0.3, -0.25) is 14.4 Å². The summed E-state index contributed by atoms with van der Waals surface area (Å²) < 4.78 is 12.4. The van der Waals surface area contributed by atoms with Gasteiger partial charge in [0, 0.05) is 12.5 Å². The molecule has 10 heteroatoms. The average molecular weight is 500 g/mol. The second-order valence-corrected chi connectivity index (χ2v) is 8.23. The van der Waals surface area contributed by atoms with Crippen LogP contribution in [0.25, 0.3) is 22.3 Å². The van der Waals surface area contributed by atoms with Crippen LogP contribution in [0.3, 0.4) is 0 Å². The highest BCUT2D eigenvalue weighted by molar-refractivity contribution is 9.10. The minimum atomic E-state index is -0.505. The van der Waals surface area contributed by atoms with Gasteiger partial charge in [-0.25, -0.2) is 0 Å². The number of thiazole rings is 1. The quantitative estimate of drug-likeness (QED) is 0.314. The van der Waals surface area contributed by atoms with E-state index < -0.39 is 17.1 Å². The lowest BCUT2D eigenvalue weighted by molar-refractivity contribution is -0.132. The van der Waals surface area contributed by atoms with Crippen molar-refractivity contribution in [3.8, 4) is 22.8 Å². The summed E-state index contributed by atoms with van der Waals surface area (Å²) in [4.78, 5) is 40.9. The molecular weight excluding hydrogens is 486 g/mol. The molecule has 0 bridgehead atoms. The van der Waals surface area contributed by atoms with Crippen LogP contribution >= 0.6 is 27.3 Å². The van der Waals surface area contributed by atoms with Gasteiger partial charge in [-0.15, -0.1) is 0 Å². The van der Waals surface area contributed by atoms with Crippen LogP contribution in [0, 0.1) is 0 Å². The summed E-state index contributed by atoms with van der Waals surface area (Å²) in [6.45, 7) is 1.29. The van der Waals surface area contributed by atoms with Gasteiger partial charge in [-0.2, -0.15) is 14.6 Å². The largest absolute Gasteiger partial charge is 0.493 e. The number of ether oxygens (including phenoxy) is 2. The highest BCUT2D eigenvalue weighted by atomic mass is 79.9. The first-order valence-corrected chi connectivity index (χ1v) is 10.6. The summed E-state index contributed by atoms with van der Waals surface area (Å²) in [5, 5.41) is 4.23. The molecular formula is C21H14BrN3O5S. The molecule has 0 aliphatic carbocycles. The molecule has 0 aliphatic rings. The lowest BCUT2D eigenvalue weighted by Gasteiger charge is -2.10. The van der Waals surface area contributed by atoms with Crippen molar-refractivity contribution in [3.63, 3.8) is 0 Å². The van der Waals surface area contributed by atoms with Crippen LogP contribution in [0.15, 0.2) is 56.5 Å². The van der Waals surface area contributed by atoms with Crippen molar-refractivity contribution >= 4 is 44.3 Å². The fourth-order valence-electron chi connectivity index (χ4n) is 2.90. The number of benzene rings is 2. The summed E-state index contributed by atoms with van der Waals surface area (Å²) in [6, 6.07) is 12.2. The Morgan fingerprint density at radius 3 is 2.61 bits per heavy atom. The standard InChI is InChI=1S/C21H14BrN3O5S/c1-11(26)30-18-14(22)8-12(9-15(18)29-2)10-16-20(28)25-21(31-16)23-19(27)17(24-25)13-6-4-3-5-7-13/h3-10H,1-2H3/b16-10+. The first-order chi connectivity index (χ1) is 14.9. The summed E-state index contributed by atoms with van der Waals surface area (Å²) in [6.07, 6.45) is 1.63. The number of methoxy groups -OCH3 is 1. The minimum Gasteiger partial charge on any atom is -0.493 e. The average Bonchev–Trinajstić information content (AvgIpc) is 3.03. The van der Waals surface area contributed by atoms with Crippen LogP contribution < -0.4 is 25.1 Å². The van der Waals surface area contributed by atoms with E-state index in [1.807, 2.05) is 6.07 Å². The molecule has 0 amide bonds. The number of fused-ring (bicyclic) bond motifs is 1. The molecule has 0 aliphatic heterocycles. The third kappa shape index (κ3) is 4.12. The normalized spacial score (nSPS) is 11.6. The Labute approximate surface area is 187 Å². The van der Waals surface area contributed by atoms with Gasteiger partial charge in [0.25, 0.3) is 5.56 Å². The summed E-state index contributed by atoms with van der Waals surface area (Å²) >= 11 is 4.41. The van der Waals surface area contributed by atoms with Crippen molar-refractivity contribution < 1.29 is 14.3 Å². The van der Waals surface area contributed by atoms with E-state index in [-0.39, 0.29) is 16.4 Å². The van der Waals surface area contributed by atoms with E-state index in [1.165, 1.54) is 14.0 Å². The number of esters is 1. The SMILES string of the molecule is COc1cc(/C=c2/sc3nc(=O)c(-c4ccccc4)nn3c2=O)cc(Br)c1OC(C)=O. The molecule has 0 fully saturated rings. The number of nitrogens with zero attached hydrogens (tertiary/aromatic N) is 3. The monoisotopic (exact) mass is 499 g/mol. The Morgan fingerprint density at radius 2 is 1.94 bits per heavy atom. The van der Waals surface area contributed by atoms with Gasteiger partial charge in [0.1, 0.15) is 0 Å². The molecule has 4 aromatic rings. The number of halogens is 1. The molecule has 0 unspecified atom stereocenters. The summed E-state index contributed by atoms with van der Waals surface area (Å²) in [7, 11) is 1.45. The fraction of sp³-hybridized carbons (Fsp3) is 0.0952. The Balaban J connectivity index is 1.86. The van der Waals surface area contributed by atoms with Crippen LogP contribution in [0.1, 0.15) is 12.5 Å². The van der Waals surface area contributed by atoms with Crippen molar-refractivity contribution in [2.75, 3.05) is 7.11 Å². The van der Waals surface area contributed by atoms with Crippen LogP contribution in [0.4, 0.5) is 0 Å². The van der Waals surface area contributed by atoms with Crippen molar-refractivity contribution in [2.45, 2.75) is 6.92 Å². The highest BCUT2D eigenvalue weighted by Crippen LogP contribution is 2.37. The molecule has 0 atom stereocenters. The second kappa shape index (κ2) is 8.40. The zero-order chi connectivity index (χ0) is 22.1. The number of carbonyl (C=O) groups is 1. The topological polar surface area (TPSA) is 99.9 Å². The molecule has 0 saturated heterocycles. The number of aromatic nitrogens is 3. The predicted octanol–water partition coefficient (Wildman–Crippen LogP) is 2.42. The highest BCUT2D eigenvalue weighted by Gasteiger charge is 2.15. The van der Waals surface area contributed by atoms with Gasteiger partial charge >= 0.3 is 11.5 Å². The first-order valence-electron chi connectivity index (χ1n) is 8.94. The lowest BCUT2D eigenvalue weighted by atomic mass is 10.2. The molecule has 0 saturated carbocycles. The van der Waals surface area contributed by atoms with E-state index >= 15 is 0 Å². The number of hydrogen-bond acceptors (Lipinski definition) is 8. The van der Waals surface area contributed by atoms with Gasteiger partial charge < -0.3 is 9.47 Å². The van der Waals surface area contributed by atoms with E-state index in [1.54, 1.807) is 42.5 Å². The number of rotatable bonds is 4. The number of carbonyl (C=O) groups excluding carboxylic acids is 1. The third-order valence-corrected chi connectivity index (χ3v) is 5.78. The number of hydrogen-bond donors (Lipinski definition) is 0. The van der Waals surface area contributed by atoms with Gasteiger partial charge in [0.2, 0.25) is 4.96 Å². The van der Waals surface area contributed by atoms with Gasteiger partial charge in [-0.1, -0.05) is 41.7 Å². The molecule has 4 rings (SSSR count). The maximum atomic E-state index is 12.9. The van der Waals surface area contributed by atoms with Gasteiger partial charge in [0.15, 0.2) is 17.2 Å². The molecule has 2 aromatic heterocycles. The molecule has 2 heterocycles. The van der Waals surface area contributed by atoms with Gasteiger partial charge in [0.05, 0.1) is 16.1 Å². The maximum absolute atomic E-state index is 12.9. The molecule has 0 radical (unpaired) electrons. The second-order valence-electron chi connectivity index (χ2n) is 6.37. The first kappa shape index (κ1) is 20.9. The van der Waals surface area contributed by atoms with Crippen molar-refractivity contribution in [3.05, 3.63) is 77.7 Å². The van der Waals surface area contributed by atoms with E-state index in [4.69, 9.17) is 9.47 Å². The lowest BCUT2D eigenvalue weighted by Crippen LogP contribution is -2.26. The Hall–Kier alpha value is -3.37. The molecule has 31 heavy (non-hydrogen) atoms. The van der Waals surface area contributed by atoms with Crippen molar-refractivity contribution in [1.82, 2.24) is 14.6 Å². The van der Waals surface area contributed by atoms with Crippen LogP contribution in [-0.2, 0) is 4.79 Å². The van der Waals surface area contributed by atoms with Crippen molar-refractivity contribution in [2.24, 2.45) is 0 Å². The van der Waals surface area contributed by atoms with Crippen molar-refractivity contribution in [1.29, 1.82) is 0 Å². The molecule has 8 nitrogen and oxygen atoms in total. The molecule has 156 valence electrons. The third-order valence-electron chi connectivity index (χ3n) is 4.23. The Morgan fingerprint density at radius 1 is 1.19 bits per heavy atom. The summed E-state index contributed by atoms with van der Waals surface area (Å²) in [5.41, 5.74) is 0.405. The van der Waals surface area contributed by atoms with E-state index in [0.29, 0.717) is 25.9 Å². The van der Waals surface area contributed by atoms with E-state index in [9.17, 15) is 14.4 Å². The smallest absolute Gasteiger partial charge is 0.308 e.